The summed E-state index contributed by atoms with van der Waals surface area (Å²) in [5.41, 5.74) is 1.38. The number of benzene rings is 1. The summed E-state index contributed by atoms with van der Waals surface area (Å²) >= 11 is 5.47. The maximum atomic E-state index is 10.9. The number of hydrogen-bond acceptors (Lipinski definition) is 2. The van der Waals surface area contributed by atoms with Crippen molar-refractivity contribution < 1.29 is 9.90 Å². The van der Waals surface area contributed by atoms with Crippen LogP contribution in [0.1, 0.15) is 28.9 Å². The standard InChI is InChI=1S/C10H11ClO2/c1-7(12)8-2-4-9(5-3-8)10(13)6-11/h2-5,10,13H,6H2,1H3. The zero-order valence-corrected chi connectivity index (χ0v) is 8.08. The molecule has 1 N–H and O–H groups in total. The Hall–Kier alpha value is -0.860. The van der Waals surface area contributed by atoms with Crippen molar-refractivity contribution in [3.05, 3.63) is 35.4 Å². The van der Waals surface area contributed by atoms with Crippen LogP contribution in [-0.4, -0.2) is 16.8 Å². The van der Waals surface area contributed by atoms with E-state index >= 15 is 0 Å². The highest BCUT2D eigenvalue weighted by atomic mass is 35.5. The number of alkyl halides is 1. The lowest BCUT2D eigenvalue weighted by atomic mass is 10.1. The third kappa shape index (κ3) is 2.54. The quantitative estimate of drug-likeness (QED) is 0.597. The van der Waals surface area contributed by atoms with Gasteiger partial charge < -0.3 is 5.11 Å². The minimum absolute atomic E-state index is 0.0203. The van der Waals surface area contributed by atoms with Crippen molar-refractivity contribution in [1.29, 1.82) is 0 Å². The maximum Gasteiger partial charge on any atom is 0.159 e. The molecule has 0 saturated carbocycles. The predicted molar refractivity (Wildman–Crippen MR) is 52.1 cm³/mol. The van der Waals surface area contributed by atoms with Gasteiger partial charge in [-0.2, -0.15) is 0 Å². The Morgan fingerprint density at radius 3 is 2.38 bits per heavy atom. The number of rotatable bonds is 3. The number of aliphatic hydroxyl groups is 1. The molecule has 2 nitrogen and oxygen atoms in total. The van der Waals surface area contributed by atoms with E-state index in [0.717, 1.165) is 5.56 Å². The van der Waals surface area contributed by atoms with E-state index in [-0.39, 0.29) is 11.7 Å². The first-order valence-electron chi connectivity index (χ1n) is 4.00. The number of ketones is 1. The molecule has 70 valence electrons. The van der Waals surface area contributed by atoms with Gasteiger partial charge in [0.15, 0.2) is 5.78 Å². The summed E-state index contributed by atoms with van der Waals surface area (Å²) in [6.45, 7) is 1.51. The zero-order valence-electron chi connectivity index (χ0n) is 7.33. The van der Waals surface area contributed by atoms with E-state index in [1.807, 2.05) is 0 Å². The molecule has 1 aromatic rings. The lowest BCUT2D eigenvalue weighted by Gasteiger charge is -2.06. The van der Waals surface area contributed by atoms with E-state index in [1.54, 1.807) is 24.3 Å². The summed E-state index contributed by atoms with van der Waals surface area (Å²) in [5.74, 6) is 0.186. The monoisotopic (exact) mass is 198 g/mol. The molecule has 1 rings (SSSR count). The van der Waals surface area contributed by atoms with E-state index in [1.165, 1.54) is 6.92 Å². The first kappa shape index (κ1) is 10.2. The highest BCUT2D eigenvalue weighted by molar-refractivity contribution is 6.18. The fraction of sp³-hybridized carbons (Fsp3) is 0.300. The largest absolute Gasteiger partial charge is 0.387 e. The molecule has 0 aliphatic heterocycles. The molecule has 0 aliphatic carbocycles. The van der Waals surface area contributed by atoms with E-state index in [9.17, 15) is 9.90 Å². The molecular formula is C10H11ClO2. The molecule has 1 aromatic carbocycles. The van der Waals surface area contributed by atoms with Crippen LogP contribution >= 0.6 is 11.6 Å². The normalized spacial score (nSPS) is 12.5. The van der Waals surface area contributed by atoms with Crippen molar-refractivity contribution in [3.8, 4) is 0 Å². The Morgan fingerprint density at radius 1 is 1.46 bits per heavy atom. The molecule has 0 aromatic heterocycles. The molecule has 1 unspecified atom stereocenters. The van der Waals surface area contributed by atoms with Crippen molar-refractivity contribution in [2.24, 2.45) is 0 Å². The predicted octanol–water partition coefficient (Wildman–Crippen LogP) is 2.16. The van der Waals surface area contributed by atoms with E-state index in [0.29, 0.717) is 5.56 Å². The minimum Gasteiger partial charge on any atom is -0.387 e. The molecule has 0 radical (unpaired) electrons. The molecule has 1 atom stereocenters. The number of carbonyl (C=O) groups is 1. The van der Waals surface area contributed by atoms with Crippen molar-refractivity contribution in [2.45, 2.75) is 13.0 Å². The summed E-state index contributed by atoms with van der Waals surface area (Å²) in [4.78, 5) is 10.9. The smallest absolute Gasteiger partial charge is 0.159 e. The first-order valence-corrected chi connectivity index (χ1v) is 4.53. The molecule has 0 saturated heterocycles. The van der Waals surface area contributed by atoms with Gasteiger partial charge in [-0.05, 0) is 12.5 Å². The fourth-order valence-corrected chi connectivity index (χ4v) is 1.21. The topological polar surface area (TPSA) is 37.3 Å². The molecule has 0 bridgehead atoms. The maximum absolute atomic E-state index is 10.9. The minimum atomic E-state index is -0.650. The third-order valence-electron chi connectivity index (χ3n) is 1.85. The summed E-state index contributed by atoms with van der Waals surface area (Å²) < 4.78 is 0. The lowest BCUT2D eigenvalue weighted by Crippen LogP contribution is -1.99. The van der Waals surface area contributed by atoms with Crippen LogP contribution in [-0.2, 0) is 0 Å². The fourth-order valence-electron chi connectivity index (χ4n) is 1.03. The van der Waals surface area contributed by atoms with E-state index in [4.69, 9.17) is 11.6 Å². The molecule has 0 spiro atoms. The average molecular weight is 199 g/mol. The Balaban J connectivity index is 2.87. The van der Waals surface area contributed by atoms with E-state index < -0.39 is 6.10 Å². The summed E-state index contributed by atoms with van der Waals surface area (Å²) in [5, 5.41) is 9.34. The van der Waals surface area contributed by atoms with Crippen molar-refractivity contribution in [3.63, 3.8) is 0 Å². The molecule has 0 aliphatic rings. The van der Waals surface area contributed by atoms with Gasteiger partial charge in [0.25, 0.3) is 0 Å². The molecule has 13 heavy (non-hydrogen) atoms. The van der Waals surface area contributed by atoms with Gasteiger partial charge in [0.1, 0.15) is 0 Å². The Labute approximate surface area is 82.2 Å². The highest BCUT2D eigenvalue weighted by Crippen LogP contribution is 2.14. The average Bonchev–Trinajstić information content (AvgIpc) is 2.17. The van der Waals surface area contributed by atoms with Crippen LogP contribution in [0.5, 0.6) is 0 Å². The number of halogens is 1. The van der Waals surface area contributed by atoms with Crippen LogP contribution in [0.4, 0.5) is 0 Å². The number of hydrogen-bond donors (Lipinski definition) is 1. The zero-order chi connectivity index (χ0) is 9.84. The second-order valence-corrected chi connectivity index (χ2v) is 3.16. The highest BCUT2D eigenvalue weighted by Gasteiger charge is 2.05. The van der Waals surface area contributed by atoms with Gasteiger partial charge in [-0.25, -0.2) is 0 Å². The van der Waals surface area contributed by atoms with Crippen molar-refractivity contribution in [1.82, 2.24) is 0 Å². The molecule has 3 heteroatoms. The van der Waals surface area contributed by atoms with Gasteiger partial charge in [-0.1, -0.05) is 24.3 Å². The molecule has 0 fully saturated rings. The number of aliphatic hydroxyl groups excluding tert-OH is 1. The van der Waals surface area contributed by atoms with Gasteiger partial charge in [-0.15, -0.1) is 11.6 Å². The van der Waals surface area contributed by atoms with Gasteiger partial charge in [0.05, 0.1) is 12.0 Å². The number of Topliss-reactive ketones (excluding diaryl/α,β-unsaturated/α-hetero) is 1. The Morgan fingerprint density at radius 2 is 2.00 bits per heavy atom. The van der Waals surface area contributed by atoms with Crippen molar-refractivity contribution in [2.75, 3.05) is 5.88 Å². The van der Waals surface area contributed by atoms with Gasteiger partial charge >= 0.3 is 0 Å². The number of carbonyl (C=O) groups excluding carboxylic acids is 1. The summed E-state index contributed by atoms with van der Waals surface area (Å²) in [6.07, 6.45) is -0.650. The summed E-state index contributed by atoms with van der Waals surface area (Å²) in [6, 6.07) is 6.80. The van der Waals surface area contributed by atoms with Gasteiger partial charge in [0, 0.05) is 5.56 Å². The summed E-state index contributed by atoms with van der Waals surface area (Å²) in [7, 11) is 0. The first-order chi connectivity index (χ1) is 6.15. The SMILES string of the molecule is CC(=O)c1ccc(C(O)CCl)cc1. The molecule has 0 heterocycles. The van der Waals surface area contributed by atoms with Crippen LogP contribution in [0.3, 0.4) is 0 Å². The second kappa shape index (κ2) is 4.40. The van der Waals surface area contributed by atoms with Crippen LogP contribution in [0.15, 0.2) is 24.3 Å². The Bertz CT molecular complexity index is 292. The van der Waals surface area contributed by atoms with Crippen LogP contribution < -0.4 is 0 Å². The third-order valence-corrected chi connectivity index (χ3v) is 2.14. The van der Waals surface area contributed by atoms with Gasteiger partial charge in [-0.3, -0.25) is 4.79 Å². The van der Waals surface area contributed by atoms with Crippen LogP contribution in [0.25, 0.3) is 0 Å². The van der Waals surface area contributed by atoms with Crippen LogP contribution in [0, 0.1) is 0 Å². The van der Waals surface area contributed by atoms with Crippen molar-refractivity contribution >= 4 is 17.4 Å². The molecular weight excluding hydrogens is 188 g/mol. The van der Waals surface area contributed by atoms with Crippen LogP contribution in [0.2, 0.25) is 0 Å². The van der Waals surface area contributed by atoms with Gasteiger partial charge in [0.2, 0.25) is 0 Å². The second-order valence-electron chi connectivity index (χ2n) is 2.85. The molecule has 0 amide bonds. The lowest BCUT2D eigenvalue weighted by molar-refractivity contribution is 0.101. The Kier molecular flexibility index (Phi) is 3.46. The van der Waals surface area contributed by atoms with E-state index in [2.05, 4.69) is 0 Å².